The van der Waals surface area contributed by atoms with Crippen molar-refractivity contribution in [2.75, 3.05) is 6.61 Å². The second kappa shape index (κ2) is 7.06. The van der Waals surface area contributed by atoms with Gasteiger partial charge in [0.15, 0.2) is 0 Å². The van der Waals surface area contributed by atoms with E-state index in [0.717, 1.165) is 6.42 Å². The van der Waals surface area contributed by atoms with Crippen LogP contribution in [0.25, 0.3) is 0 Å². The molecule has 0 heterocycles. The van der Waals surface area contributed by atoms with Gasteiger partial charge >= 0.3 is 0 Å². The molecule has 62 valence electrons. The lowest BCUT2D eigenvalue weighted by Crippen LogP contribution is -2.24. The number of nitrogens with two attached hydrogens (primary N) is 1. The van der Waals surface area contributed by atoms with Gasteiger partial charge in [-0.25, -0.2) is 0 Å². The molecule has 0 aliphatic carbocycles. The summed E-state index contributed by atoms with van der Waals surface area (Å²) in [6, 6.07) is -0.0822. The first-order chi connectivity index (χ1) is 4.20. The summed E-state index contributed by atoms with van der Waals surface area (Å²) in [4.78, 5) is 0. The van der Waals surface area contributed by atoms with Crippen molar-refractivity contribution in [3.05, 3.63) is 11.6 Å². The fourth-order valence-electron chi connectivity index (χ4n) is 0.596. The molecule has 3 N–H and O–H groups in total. The van der Waals surface area contributed by atoms with Crippen LogP contribution in [0.1, 0.15) is 20.3 Å². The summed E-state index contributed by atoms with van der Waals surface area (Å²) in [7, 11) is 0. The Hall–Kier alpha value is -0.0500. The van der Waals surface area contributed by atoms with E-state index in [1.165, 1.54) is 5.57 Å². The molecular weight excluding hydrogens is 150 g/mol. The molecule has 2 nitrogen and oxygen atoms in total. The van der Waals surface area contributed by atoms with Crippen LogP contribution in [0, 0.1) is 0 Å². The smallest absolute Gasteiger partial charge is 0.0585 e. The Morgan fingerprint density at radius 3 is 2.50 bits per heavy atom. The molecule has 0 fully saturated rings. The van der Waals surface area contributed by atoms with E-state index >= 15 is 0 Å². The van der Waals surface area contributed by atoms with Crippen LogP contribution in [-0.4, -0.2) is 17.8 Å². The van der Waals surface area contributed by atoms with Gasteiger partial charge in [0.2, 0.25) is 0 Å². The summed E-state index contributed by atoms with van der Waals surface area (Å²) in [6.45, 7) is 4.06. The molecule has 0 aromatic carbocycles. The lowest BCUT2D eigenvalue weighted by Gasteiger charge is -2.06. The van der Waals surface area contributed by atoms with Crippen LogP contribution in [0.2, 0.25) is 0 Å². The highest BCUT2D eigenvalue weighted by Gasteiger charge is 1.98. The van der Waals surface area contributed by atoms with Gasteiger partial charge in [0.1, 0.15) is 0 Å². The highest BCUT2D eigenvalue weighted by Crippen LogP contribution is 2.00. The zero-order valence-electron chi connectivity index (χ0n) is 6.50. The molecule has 0 aromatic rings. The highest BCUT2D eigenvalue weighted by atomic mass is 35.5. The van der Waals surface area contributed by atoms with Gasteiger partial charge in [-0.2, -0.15) is 0 Å². The molecule has 0 bridgehead atoms. The van der Waals surface area contributed by atoms with E-state index in [2.05, 4.69) is 0 Å². The molecule has 0 aliphatic heterocycles. The Morgan fingerprint density at radius 2 is 2.20 bits per heavy atom. The fraction of sp³-hybridized carbons (Fsp3) is 0.714. The molecule has 3 heteroatoms. The summed E-state index contributed by atoms with van der Waals surface area (Å²) in [5.74, 6) is 0. The van der Waals surface area contributed by atoms with Gasteiger partial charge in [-0.1, -0.05) is 11.6 Å². The first-order valence-electron chi connectivity index (χ1n) is 3.19. The van der Waals surface area contributed by atoms with Crippen LogP contribution in [0.3, 0.4) is 0 Å². The van der Waals surface area contributed by atoms with Crippen molar-refractivity contribution in [1.82, 2.24) is 0 Å². The van der Waals surface area contributed by atoms with E-state index in [0.29, 0.717) is 0 Å². The van der Waals surface area contributed by atoms with E-state index in [1.807, 2.05) is 19.9 Å². The maximum absolute atomic E-state index is 8.53. The lowest BCUT2D eigenvalue weighted by atomic mass is 10.1. The number of allylic oxidation sites excluding steroid dienone is 1. The molecule has 10 heavy (non-hydrogen) atoms. The summed E-state index contributed by atoms with van der Waals surface area (Å²) in [6.07, 6.45) is 2.81. The number of rotatable bonds is 3. The molecule has 0 aromatic heterocycles. The Kier molecular flexibility index (Phi) is 8.91. The van der Waals surface area contributed by atoms with Crippen LogP contribution >= 0.6 is 12.4 Å². The summed E-state index contributed by atoms with van der Waals surface area (Å²) >= 11 is 0. The Bertz CT molecular complexity index is 104. The molecule has 0 saturated carbocycles. The molecule has 0 aliphatic rings. The summed E-state index contributed by atoms with van der Waals surface area (Å²) in [5, 5.41) is 8.53. The molecule has 1 atom stereocenters. The highest BCUT2D eigenvalue weighted by molar-refractivity contribution is 5.85. The monoisotopic (exact) mass is 165 g/mol. The van der Waals surface area contributed by atoms with E-state index in [1.54, 1.807) is 0 Å². The Balaban J connectivity index is 0. The second-order valence-corrected chi connectivity index (χ2v) is 2.28. The topological polar surface area (TPSA) is 46.2 Å². The number of hydrogen-bond donors (Lipinski definition) is 2. The molecule has 0 spiro atoms. The standard InChI is InChI=1S/C7H15NO.ClH/c1-3-6(2)4-7(8)5-9;/h3,7,9H,4-5,8H2,1-2H3;1H/b6-3+;. The van der Waals surface area contributed by atoms with Crippen LogP contribution in [-0.2, 0) is 0 Å². The second-order valence-electron chi connectivity index (χ2n) is 2.28. The number of aliphatic hydroxyl groups is 1. The van der Waals surface area contributed by atoms with Gasteiger partial charge in [-0.3, -0.25) is 0 Å². The van der Waals surface area contributed by atoms with Gasteiger partial charge in [0.25, 0.3) is 0 Å². The zero-order chi connectivity index (χ0) is 7.28. The molecule has 0 saturated heterocycles. The van der Waals surface area contributed by atoms with E-state index in [-0.39, 0.29) is 25.1 Å². The van der Waals surface area contributed by atoms with Crippen LogP contribution in [0.4, 0.5) is 0 Å². The van der Waals surface area contributed by atoms with E-state index in [9.17, 15) is 0 Å². The minimum Gasteiger partial charge on any atom is -0.395 e. The molecular formula is C7H16ClNO. The first-order valence-corrected chi connectivity index (χ1v) is 3.19. The zero-order valence-corrected chi connectivity index (χ0v) is 7.32. The quantitative estimate of drug-likeness (QED) is 0.615. The molecule has 0 amide bonds. The third-order valence-corrected chi connectivity index (χ3v) is 1.31. The van der Waals surface area contributed by atoms with Crippen LogP contribution in [0.15, 0.2) is 11.6 Å². The first kappa shape index (κ1) is 12.6. The fourth-order valence-corrected chi connectivity index (χ4v) is 0.596. The van der Waals surface area contributed by atoms with Crippen molar-refractivity contribution in [2.24, 2.45) is 5.73 Å². The SMILES string of the molecule is C/C=C(\C)CC(N)CO.Cl. The van der Waals surface area contributed by atoms with E-state index < -0.39 is 0 Å². The minimum atomic E-state index is -0.0822. The van der Waals surface area contributed by atoms with Gasteiger partial charge in [0, 0.05) is 6.04 Å². The van der Waals surface area contributed by atoms with Crippen molar-refractivity contribution in [3.8, 4) is 0 Å². The Morgan fingerprint density at radius 1 is 1.70 bits per heavy atom. The van der Waals surface area contributed by atoms with E-state index in [4.69, 9.17) is 10.8 Å². The van der Waals surface area contributed by atoms with Crippen molar-refractivity contribution in [3.63, 3.8) is 0 Å². The predicted molar refractivity (Wildman–Crippen MR) is 46.4 cm³/mol. The number of hydrogen-bond acceptors (Lipinski definition) is 2. The molecule has 1 unspecified atom stereocenters. The van der Waals surface area contributed by atoms with Crippen molar-refractivity contribution in [1.29, 1.82) is 0 Å². The molecule has 0 radical (unpaired) electrons. The van der Waals surface area contributed by atoms with Gasteiger partial charge < -0.3 is 10.8 Å². The minimum absolute atomic E-state index is 0. The summed E-state index contributed by atoms with van der Waals surface area (Å²) in [5.41, 5.74) is 6.69. The average molecular weight is 166 g/mol. The maximum Gasteiger partial charge on any atom is 0.0585 e. The van der Waals surface area contributed by atoms with Gasteiger partial charge in [-0.05, 0) is 20.3 Å². The van der Waals surface area contributed by atoms with Crippen LogP contribution < -0.4 is 5.73 Å². The van der Waals surface area contributed by atoms with Gasteiger partial charge in [-0.15, -0.1) is 12.4 Å². The number of halogens is 1. The summed E-state index contributed by atoms with van der Waals surface area (Å²) < 4.78 is 0. The predicted octanol–water partition coefficient (Wildman–Crippen LogP) is 1.08. The third kappa shape index (κ3) is 6.08. The normalized spacial score (nSPS) is 14.2. The van der Waals surface area contributed by atoms with Crippen molar-refractivity contribution >= 4 is 12.4 Å². The number of aliphatic hydroxyl groups excluding tert-OH is 1. The Labute approximate surface area is 68.5 Å². The van der Waals surface area contributed by atoms with Crippen LogP contribution in [0.5, 0.6) is 0 Å². The molecule has 0 rings (SSSR count). The van der Waals surface area contributed by atoms with Gasteiger partial charge in [0.05, 0.1) is 6.61 Å². The largest absolute Gasteiger partial charge is 0.395 e. The third-order valence-electron chi connectivity index (χ3n) is 1.31. The maximum atomic E-state index is 8.53. The lowest BCUT2D eigenvalue weighted by molar-refractivity contribution is 0.265. The van der Waals surface area contributed by atoms with Crippen molar-refractivity contribution < 1.29 is 5.11 Å². The average Bonchev–Trinajstić information content (AvgIpc) is 1.87. The van der Waals surface area contributed by atoms with Crippen molar-refractivity contribution in [2.45, 2.75) is 26.3 Å².